The van der Waals surface area contributed by atoms with Gasteiger partial charge in [-0.1, -0.05) is 24.3 Å². The van der Waals surface area contributed by atoms with Gasteiger partial charge in [0.1, 0.15) is 12.1 Å². The monoisotopic (exact) mass is 251 g/mol. The normalized spacial score (nSPS) is 20.5. The van der Waals surface area contributed by atoms with Crippen LogP contribution in [-0.4, -0.2) is 17.8 Å². The van der Waals surface area contributed by atoms with E-state index in [1.165, 1.54) is 5.56 Å². The lowest BCUT2D eigenvalue weighted by Crippen LogP contribution is -2.35. The summed E-state index contributed by atoms with van der Waals surface area (Å²) in [5.41, 5.74) is 8.00. The first kappa shape index (κ1) is 12.5. The van der Waals surface area contributed by atoms with Crippen LogP contribution in [0.5, 0.6) is 0 Å². The van der Waals surface area contributed by atoms with Crippen LogP contribution in [0.2, 0.25) is 0 Å². The summed E-state index contributed by atoms with van der Waals surface area (Å²) in [5.74, 6) is -0.0468. The predicted octanol–water partition coefficient (Wildman–Crippen LogP) is 1.86. The molecule has 0 spiro atoms. The quantitative estimate of drug-likeness (QED) is 0.637. The highest BCUT2D eigenvalue weighted by atomic mass is 32.1. The largest absolute Gasteiger partial charge is 0.456 e. The Bertz CT molecular complexity index is 408. The molecule has 2 N–H and O–H groups in total. The summed E-state index contributed by atoms with van der Waals surface area (Å²) in [6.45, 7) is 0. The number of rotatable bonds is 3. The first-order chi connectivity index (χ1) is 8.22. The molecule has 0 saturated heterocycles. The van der Waals surface area contributed by atoms with E-state index in [1.807, 2.05) is 18.2 Å². The van der Waals surface area contributed by atoms with Crippen molar-refractivity contribution in [2.75, 3.05) is 5.75 Å². The Balaban J connectivity index is 2.11. The van der Waals surface area contributed by atoms with Gasteiger partial charge in [0.25, 0.3) is 0 Å². The number of fused-ring (bicyclic) bond motifs is 1. The molecule has 1 aliphatic carbocycles. The van der Waals surface area contributed by atoms with Crippen molar-refractivity contribution in [3.8, 4) is 0 Å². The fraction of sp³-hybridized carbons (Fsp3) is 0.462. The van der Waals surface area contributed by atoms with Crippen molar-refractivity contribution in [1.29, 1.82) is 0 Å². The van der Waals surface area contributed by atoms with Crippen molar-refractivity contribution in [3.05, 3.63) is 35.4 Å². The summed E-state index contributed by atoms with van der Waals surface area (Å²) in [6.07, 6.45) is 2.84. The average Bonchev–Trinajstić information content (AvgIpc) is 2.38. The highest BCUT2D eigenvalue weighted by Gasteiger charge is 2.25. The topological polar surface area (TPSA) is 52.3 Å². The molecule has 2 rings (SSSR count). The molecular formula is C13H17NO2S. The molecule has 1 aromatic rings. The third kappa shape index (κ3) is 2.82. The third-order valence-electron chi connectivity index (χ3n) is 3.07. The number of carbonyl (C=O) groups excluding carboxylic acids is 1. The van der Waals surface area contributed by atoms with Gasteiger partial charge >= 0.3 is 5.97 Å². The van der Waals surface area contributed by atoms with Crippen LogP contribution in [0.25, 0.3) is 0 Å². The predicted molar refractivity (Wildman–Crippen MR) is 70.0 cm³/mol. The molecule has 0 aromatic heterocycles. The number of hydrogen-bond acceptors (Lipinski definition) is 4. The average molecular weight is 251 g/mol. The fourth-order valence-corrected chi connectivity index (χ4v) is 2.28. The maximum absolute atomic E-state index is 11.7. The van der Waals surface area contributed by atoms with E-state index in [0.717, 1.165) is 24.8 Å². The van der Waals surface area contributed by atoms with Gasteiger partial charge in [-0.15, -0.1) is 0 Å². The Labute approximate surface area is 107 Å². The number of nitrogens with two attached hydrogens (primary N) is 1. The minimum Gasteiger partial charge on any atom is -0.456 e. The van der Waals surface area contributed by atoms with Gasteiger partial charge in [-0.05, 0) is 30.4 Å². The van der Waals surface area contributed by atoms with Crippen LogP contribution in [0, 0.1) is 0 Å². The molecule has 17 heavy (non-hydrogen) atoms. The van der Waals surface area contributed by atoms with E-state index in [-0.39, 0.29) is 12.1 Å². The molecule has 0 fully saturated rings. The SMILES string of the molecule is NC(CS)C(=O)OC1CCCc2ccccc21. The van der Waals surface area contributed by atoms with E-state index in [1.54, 1.807) is 0 Å². The van der Waals surface area contributed by atoms with Gasteiger partial charge in [0.2, 0.25) is 0 Å². The summed E-state index contributed by atoms with van der Waals surface area (Å²) >= 11 is 4.00. The van der Waals surface area contributed by atoms with Crippen LogP contribution >= 0.6 is 12.6 Å². The molecule has 3 nitrogen and oxygen atoms in total. The number of carbonyl (C=O) groups is 1. The fourth-order valence-electron chi connectivity index (χ4n) is 2.13. The number of benzene rings is 1. The second-order valence-corrected chi connectivity index (χ2v) is 4.67. The molecule has 0 radical (unpaired) electrons. The van der Waals surface area contributed by atoms with E-state index >= 15 is 0 Å². The zero-order valence-corrected chi connectivity index (χ0v) is 10.5. The van der Waals surface area contributed by atoms with E-state index in [0.29, 0.717) is 5.75 Å². The smallest absolute Gasteiger partial charge is 0.324 e. The molecule has 4 heteroatoms. The van der Waals surface area contributed by atoms with Crippen molar-refractivity contribution in [2.24, 2.45) is 5.73 Å². The summed E-state index contributed by atoms with van der Waals surface area (Å²) < 4.78 is 5.46. The van der Waals surface area contributed by atoms with E-state index in [2.05, 4.69) is 18.7 Å². The Hall–Kier alpha value is -1.00. The van der Waals surface area contributed by atoms with Gasteiger partial charge < -0.3 is 10.5 Å². The molecule has 1 aromatic carbocycles. The number of ether oxygens (including phenoxy) is 1. The van der Waals surface area contributed by atoms with Crippen LogP contribution in [0.1, 0.15) is 30.1 Å². The summed E-state index contributed by atoms with van der Waals surface area (Å²) in [4.78, 5) is 11.7. The molecule has 0 heterocycles. The van der Waals surface area contributed by atoms with Crippen molar-refractivity contribution >= 4 is 18.6 Å². The van der Waals surface area contributed by atoms with E-state index < -0.39 is 6.04 Å². The first-order valence-corrected chi connectivity index (χ1v) is 6.50. The maximum atomic E-state index is 11.7. The van der Waals surface area contributed by atoms with Crippen LogP contribution in [0.4, 0.5) is 0 Å². The highest BCUT2D eigenvalue weighted by molar-refractivity contribution is 7.80. The number of esters is 1. The summed E-state index contributed by atoms with van der Waals surface area (Å²) in [5, 5.41) is 0. The molecule has 0 aliphatic heterocycles. The van der Waals surface area contributed by atoms with E-state index in [9.17, 15) is 4.79 Å². The van der Waals surface area contributed by atoms with Crippen molar-refractivity contribution in [1.82, 2.24) is 0 Å². The molecule has 0 amide bonds. The van der Waals surface area contributed by atoms with Crippen LogP contribution < -0.4 is 5.73 Å². The standard InChI is InChI=1S/C13H17NO2S/c14-11(8-17)13(15)16-12-7-3-5-9-4-1-2-6-10(9)12/h1-2,4,6,11-12,17H,3,5,7-8,14H2. The minimum atomic E-state index is -0.632. The summed E-state index contributed by atoms with van der Waals surface area (Å²) in [7, 11) is 0. The molecule has 92 valence electrons. The Morgan fingerprint density at radius 2 is 2.29 bits per heavy atom. The van der Waals surface area contributed by atoms with Crippen LogP contribution in [0.15, 0.2) is 24.3 Å². The van der Waals surface area contributed by atoms with Crippen molar-refractivity contribution in [3.63, 3.8) is 0 Å². The van der Waals surface area contributed by atoms with Gasteiger partial charge in [0.15, 0.2) is 0 Å². The first-order valence-electron chi connectivity index (χ1n) is 5.87. The molecule has 2 unspecified atom stereocenters. The van der Waals surface area contributed by atoms with Gasteiger partial charge in [-0.2, -0.15) is 12.6 Å². The van der Waals surface area contributed by atoms with Gasteiger partial charge in [-0.3, -0.25) is 4.79 Å². The van der Waals surface area contributed by atoms with Gasteiger partial charge in [-0.25, -0.2) is 0 Å². The van der Waals surface area contributed by atoms with Gasteiger partial charge in [0, 0.05) is 5.75 Å². The number of thiol groups is 1. The molecular weight excluding hydrogens is 234 g/mol. The molecule has 1 aliphatic rings. The lowest BCUT2D eigenvalue weighted by atomic mass is 9.89. The Morgan fingerprint density at radius 1 is 1.53 bits per heavy atom. The minimum absolute atomic E-state index is 0.140. The molecule has 0 saturated carbocycles. The van der Waals surface area contributed by atoms with E-state index in [4.69, 9.17) is 10.5 Å². The molecule has 0 bridgehead atoms. The zero-order valence-electron chi connectivity index (χ0n) is 9.63. The Kier molecular flexibility index (Phi) is 4.07. The lowest BCUT2D eigenvalue weighted by molar-refractivity contribution is -0.151. The number of hydrogen-bond donors (Lipinski definition) is 2. The van der Waals surface area contributed by atoms with Crippen molar-refractivity contribution < 1.29 is 9.53 Å². The molecule has 2 atom stereocenters. The van der Waals surface area contributed by atoms with Crippen LogP contribution in [-0.2, 0) is 16.0 Å². The summed E-state index contributed by atoms with van der Waals surface area (Å²) in [6, 6.07) is 7.48. The highest BCUT2D eigenvalue weighted by Crippen LogP contribution is 2.32. The van der Waals surface area contributed by atoms with Gasteiger partial charge in [0.05, 0.1) is 0 Å². The second-order valence-electron chi connectivity index (χ2n) is 4.31. The zero-order chi connectivity index (χ0) is 12.3. The number of aryl methyl sites for hydroxylation is 1. The second kappa shape index (κ2) is 5.56. The Morgan fingerprint density at radius 3 is 3.06 bits per heavy atom. The van der Waals surface area contributed by atoms with Crippen LogP contribution in [0.3, 0.4) is 0 Å². The third-order valence-corrected chi connectivity index (χ3v) is 3.47. The lowest BCUT2D eigenvalue weighted by Gasteiger charge is -2.26. The van der Waals surface area contributed by atoms with Crippen molar-refractivity contribution in [2.45, 2.75) is 31.4 Å². The maximum Gasteiger partial charge on any atom is 0.324 e.